The standard InChI is InChI=1S/C14H21N3O4S2/c1-10-16-12(7-22-10)13(18)17-8-14(9-17)4-3-11(6-21-14)5-15-23(2,19)20/h7,11,15H,3-6,8-9H2,1-2H3/t11-/m1/s1. The molecule has 0 aromatic carbocycles. The van der Waals surface area contributed by atoms with Crippen molar-refractivity contribution in [3.8, 4) is 0 Å². The molecule has 2 fully saturated rings. The van der Waals surface area contributed by atoms with Crippen molar-refractivity contribution in [2.45, 2.75) is 25.4 Å². The normalized spacial score (nSPS) is 23.7. The Morgan fingerprint density at radius 3 is 2.83 bits per heavy atom. The van der Waals surface area contributed by atoms with Gasteiger partial charge < -0.3 is 9.64 Å². The number of nitrogens with zero attached hydrogens (tertiary/aromatic N) is 2. The fraction of sp³-hybridized carbons (Fsp3) is 0.714. The molecular weight excluding hydrogens is 338 g/mol. The smallest absolute Gasteiger partial charge is 0.273 e. The fourth-order valence-electron chi connectivity index (χ4n) is 3.01. The number of carbonyl (C=O) groups is 1. The van der Waals surface area contributed by atoms with E-state index < -0.39 is 10.0 Å². The van der Waals surface area contributed by atoms with Gasteiger partial charge in [0.15, 0.2) is 0 Å². The summed E-state index contributed by atoms with van der Waals surface area (Å²) in [4.78, 5) is 18.3. The Morgan fingerprint density at radius 1 is 1.57 bits per heavy atom. The van der Waals surface area contributed by atoms with Crippen LogP contribution in [0, 0.1) is 12.8 Å². The molecule has 3 heterocycles. The van der Waals surface area contributed by atoms with Gasteiger partial charge >= 0.3 is 0 Å². The van der Waals surface area contributed by atoms with Crippen LogP contribution in [0.1, 0.15) is 28.3 Å². The number of nitrogens with one attached hydrogen (secondary N) is 1. The number of sulfonamides is 1. The molecule has 1 N–H and O–H groups in total. The maximum Gasteiger partial charge on any atom is 0.273 e. The molecule has 23 heavy (non-hydrogen) atoms. The largest absolute Gasteiger partial charge is 0.371 e. The van der Waals surface area contributed by atoms with Gasteiger partial charge in [-0.3, -0.25) is 4.79 Å². The van der Waals surface area contributed by atoms with Gasteiger partial charge in [-0.15, -0.1) is 11.3 Å². The topological polar surface area (TPSA) is 88.6 Å². The van der Waals surface area contributed by atoms with Crippen LogP contribution in [-0.2, 0) is 14.8 Å². The molecule has 3 rings (SSSR count). The molecule has 1 aromatic rings. The number of hydrogen-bond acceptors (Lipinski definition) is 6. The highest BCUT2D eigenvalue weighted by Crippen LogP contribution is 2.36. The quantitative estimate of drug-likeness (QED) is 0.851. The Hall–Kier alpha value is -1.03. The SMILES string of the molecule is Cc1nc(C(=O)N2CC3(CC[C@H](CNS(C)(=O)=O)CO3)C2)cs1. The van der Waals surface area contributed by atoms with E-state index in [-0.39, 0.29) is 17.4 Å². The first-order chi connectivity index (χ1) is 10.8. The predicted octanol–water partition coefficient (Wildman–Crippen LogP) is 0.622. The Balaban J connectivity index is 1.47. The second-order valence-electron chi connectivity index (χ2n) is 6.43. The van der Waals surface area contributed by atoms with Crippen LogP contribution in [0.15, 0.2) is 5.38 Å². The lowest BCUT2D eigenvalue weighted by Gasteiger charge is -2.52. The zero-order valence-electron chi connectivity index (χ0n) is 13.2. The second-order valence-corrected chi connectivity index (χ2v) is 9.33. The molecule has 0 saturated carbocycles. The summed E-state index contributed by atoms with van der Waals surface area (Å²) in [6.07, 6.45) is 2.91. The second kappa shape index (κ2) is 6.12. The first-order valence-electron chi connectivity index (χ1n) is 7.56. The Morgan fingerprint density at radius 2 is 2.30 bits per heavy atom. The first kappa shape index (κ1) is 16.8. The molecule has 128 valence electrons. The summed E-state index contributed by atoms with van der Waals surface area (Å²) in [7, 11) is -3.16. The third-order valence-electron chi connectivity index (χ3n) is 4.35. The summed E-state index contributed by atoms with van der Waals surface area (Å²) in [5.74, 6) is 0.158. The molecule has 0 unspecified atom stereocenters. The molecule has 9 heteroatoms. The minimum Gasteiger partial charge on any atom is -0.371 e. The van der Waals surface area contributed by atoms with Crippen LogP contribution in [0.25, 0.3) is 0 Å². The number of likely N-dealkylation sites (tertiary alicyclic amines) is 1. The Labute approximate surface area is 140 Å². The van der Waals surface area contributed by atoms with Crippen molar-refractivity contribution < 1.29 is 17.9 Å². The maximum atomic E-state index is 12.3. The molecule has 7 nitrogen and oxygen atoms in total. The van der Waals surface area contributed by atoms with Gasteiger partial charge in [0.1, 0.15) is 11.3 Å². The summed E-state index contributed by atoms with van der Waals surface area (Å²) >= 11 is 1.47. The highest BCUT2D eigenvalue weighted by atomic mass is 32.2. The molecule has 2 aliphatic heterocycles. The number of carbonyl (C=O) groups excluding carboxylic acids is 1. The summed E-state index contributed by atoms with van der Waals surface area (Å²) in [6, 6.07) is 0. The average Bonchev–Trinajstić information content (AvgIpc) is 2.88. The Kier molecular flexibility index (Phi) is 4.47. The van der Waals surface area contributed by atoms with E-state index in [0.29, 0.717) is 31.9 Å². The zero-order valence-corrected chi connectivity index (χ0v) is 14.9. The van der Waals surface area contributed by atoms with Crippen molar-refractivity contribution in [2.24, 2.45) is 5.92 Å². The molecule has 0 radical (unpaired) electrons. The molecule has 1 amide bonds. The third kappa shape index (κ3) is 3.90. The van der Waals surface area contributed by atoms with E-state index in [0.717, 1.165) is 24.1 Å². The van der Waals surface area contributed by atoms with Crippen LogP contribution >= 0.6 is 11.3 Å². The van der Waals surface area contributed by atoms with Gasteiger partial charge in [0.2, 0.25) is 10.0 Å². The lowest BCUT2D eigenvalue weighted by atomic mass is 9.83. The minimum absolute atomic E-state index is 0.0376. The third-order valence-corrected chi connectivity index (χ3v) is 5.82. The number of aromatic nitrogens is 1. The van der Waals surface area contributed by atoms with Crippen molar-refractivity contribution in [1.82, 2.24) is 14.6 Å². The van der Waals surface area contributed by atoms with Crippen molar-refractivity contribution >= 4 is 27.3 Å². The zero-order chi connectivity index (χ0) is 16.7. The van der Waals surface area contributed by atoms with E-state index >= 15 is 0 Å². The summed E-state index contributed by atoms with van der Waals surface area (Å²) in [5.41, 5.74) is 0.260. The Bertz CT molecular complexity index is 685. The van der Waals surface area contributed by atoms with Gasteiger partial charge in [-0.2, -0.15) is 0 Å². The average molecular weight is 359 g/mol. The van der Waals surface area contributed by atoms with E-state index in [1.54, 1.807) is 10.3 Å². The van der Waals surface area contributed by atoms with Gasteiger partial charge in [0, 0.05) is 11.9 Å². The van der Waals surface area contributed by atoms with Crippen molar-refractivity contribution in [2.75, 3.05) is 32.5 Å². The summed E-state index contributed by atoms with van der Waals surface area (Å²) in [5, 5.41) is 2.68. The van der Waals surface area contributed by atoms with E-state index in [9.17, 15) is 13.2 Å². The molecule has 2 saturated heterocycles. The lowest BCUT2D eigenvalue weighted by Crippen LogP contribution is -2.66. The minimum atomic E-state index is -3.16. The van der Waals surface area contributed by atoms with Gasteiger partial charge in [-0.1, -0.05) is 0 Å². The van der Waals surface area contributed by atoms with Crippen LogP contribution in [0.2, 0.25) is 0 Å². The van der Waals surface area contributed by atoms with Crippen molar-refractivity contribution in [1.29, 1.82) is 0 Å². The van der Waals surface area contributed by atoms with Gasteiger partial charge in [-0.05, 0) is 25.7 Å². The molecular formula is C14H21N3O4S2. The summed E-state index contributed by atoms with van der Waals surface area (Å²) < 4.78 is 30.7. The highest BCUT2D eigenvalue weighted by molar-refractivity contribution is 7.88. The number of rotatable bonds is 4. The molecule has 2 aliphatic rings. The van der Waals surface area contributed by atoms with E-state index in [1.807, 2.05) is 6.92 Å². The van der Waals surface area contributed by atoms with E-state index in [2.05, 4.69) is 9.71 Å². The van der Waals surface area contributed by atoms with Crippen LogP contribution in [-0.4, -0.2) is 62.3 Å². The van der Waals surface area contributed by atoms with Gasteiger partial charge in [-0.25, -0.2) is 18.1 Å². The van der Waals surface area contributed by atoms with Crippen LogP contribution in [0.4, 0.5) is 0 Å². The van der Waals surface area contributed by atoms with Gasteiger partial charge in [0.05, 0.1) is 31.0 Å². The van der Waals surface area contributed by atoms with Crippen molar-refractivity contribution in [3.05, 3.63) is 16.1 Å². The monoisotopic (exact) mass is 359 g/mol. The van der Waals surface area contributed by atoms with Gasteiger partial charge in [0.25, 0.3) is 5.91 Å². The molecule has 1 aromatic heterocycles. The number of ether oxygens (including phenoxy) is 1. The number of amides is 1. The number of hydrogen-bond donors (Lipinski definition) is 1. The number of aryl methyl sites for hydroxylation is 1. The van der Waals surface area contributed by atoms with E-state index in [1.165, 1.54) is 11.3 Å². The van der Waals surface area contributed by atoms with Crippen LogP contribution in [0.3, 0.4) is 0 Å². The molecule has 0 bridgehead atoms. The van der Waals surface area contributed by atoms with Crippen molar-refractivity contribution in [3.63, 3.8) is 0 Å². The predicted molar refractivity (Wildman–Crippen MR) is 87.0 cm³/mol. The fourth-order valence-corrected chi connectivity index (χ4v) is 4.14. The summed E-state index contributed by atoms with van der Waals surface area (Å²) in [6.45, 7) is 4.01. The molecule has 0 aliphatic carbocycles. The maximum absolute atomic E-state index is 12.3. The van der Waals surface area contributed by atoms with E-state index in [4.69, 9.17) is 4.74 Å². The van der Waals surface area contributed by atoms with Crippen LogP contribution < -0.4 is 4.72 Å². The highest BCUT2D eigenvalue weighted by Gasteiger charge is 2.48. The first-order valence-corrected chi connectivity index (χ1v) is 10.3. The van der Waals surface area contributed by atoms with Crippen LogP contribution in [0.5, 0.6) is 0 Å². The number of thiazole rings is 1. The molecule has 1 spiro atoms. The molecule has 1 atom stereocenters. The lowest BCUT2D eigenvalue weighted by molar-refractivity contribution is -0.166.